The second-order valence-corrected chi connectivity index (χ2v) is 10.3. The zero-order chi connectivity index (χ0) is 27.1. The highest BCUT2D eigenvalue weighted by molar-refractivity contribution is 5.94. The lowest BCUT2D eigenvalue weighted by atomic mass is 9.81. The van der Waals surface area contributed by atoms with Crippen LogP contribution in [0.2, 0.25) is 0 Å². The number of benzene rings is 1. The second-order valence-electron chi connectivity index (χ2n) is 10.3. The minimum Gasteiger partial charge on any atom is -0.458 e. The summed E-state index contributed by atoms with van der Waals surface area (Å²) in [6.45, 7) is 5.59. The standard InChI is InChI=1S/C28H29FN4O5/c1-4-28(37)17-8-21-25-15(11-33(21)26(35)16(17)12-38-27(28)36)24-20(32(5-2)22(34)10-30)7-6-14-13(3)18(29)9-19(31-25)23(14)24/h8-9,20,37H,4-7,10-12,30H2,1-3H3/t20-,28-/m0/s1. The van der Waals surface area contributed by atoms with E-state index in [0.717, 1.165) is 22.1 Å². The van der Waals surface area contributed by atoms with Gasteiger partial charge in [0.05, 0.1) is 41.6 Å². The van der Waals surface area contributed by atoms with E-state index >= 15 is 4.39 Å². The Morgan fingerprint density at radius 2 is 2.05 bits per heavy atom. The number of rotatable bonds is 4. The van der Waals surface area contributed by atoms with Gasteiger partial charge < -0.3 is 25.0 Å². The molecule has 4 heterocycles. The molecule has 1 aliphatic carbocycles. The van der Waals surface area contributed by atoms with Gasteiger partial charge >= 0.3 is 5.97 Å². The molecule has 0 radical (unpaired) electrons. The summed E-state index contributed by atoms with van der Waals surface area (Å²) in [7, 11) is 0. The summed E-state index contributed by atoms with van der Waals surface area (Å²) < 4.78 is 21.8. The van der Waals surface area contributed by atoms with Crippen molar-refractivity contribution in [3.63, 3.8) is 0 Å². The first-order chi connectivity index (χ1) is 18.2. The van der Waals surface area contributed by atoms with Crippen LogP contribution in [0, 0.1) is 12.7 Å². The van der Waals surface area contributed by atoms with E-state index in [0.29, 0.717) is 41.9 Å². The smallest absolute Gasteiger partial charge is 0.343 e. The van der Waals surface area contributed by atoms with E-state index in [4.69, 9.17) is 15.5 Å². The second kappa shape index (κ2) is 8.44. The van der Waals surface area contributed by atoms with E-state index in [2.05, 4.69) is 0 Å². The number of cyclic esters (lactones) is 1. The molecule has 0 fully saturated rings. The van der Waals surface area contributed by atoms with Crippen molar-refractivity contribution >= 4 is 22.8 Å². The van der Waals surface area contributed by atoms with E-state index < -0.39 is 11.6 Å². The van der Waals surface area contributed by atoms with Crippen molar-refractivity contribution in [2.45, 2.75) is 64.8 Å². The molecule has 1 aromatic carbocycles. The lowest BCUT2D eigenvalue weighted by Gasteiger charge is -2.36. The number of nitrogens with zero attached hydrogens (tertiary/aromatic N) is 3. The molecule has 3 aromatic rings. The minimum atomic E-state index is -1.94. The maximum absolute atomic E-state index is 15.0. The summed E-state index contributed by atoms with van der Waals surface area (Å²) in [5, 5.41) is 12.0. The van der Waals surface area contributed by atoms with E-state index in [1.54, 1.807) is 29.4 Å². The van der Waals surface area contributed by atoms with Gasteiger partial charge in [-0.3, -0.25) is 9.59 Å². The van der Waals surface area contributed by atoms with Crippen LogP contribution in [0.3, 0.4) is 0 Å². The average molecular weight is 521 g/mol. The van der Waals surface area contributed by atoms with Gasteiger partial charge in [-0.1, -0.05) is 6.92 Å². The van der Waals surface area contributed by atoms with Crippen LogP contribution < -0.4 is 11.3 Å². The number of likely N-dealkylation sites (N-methyl/N-ethyl adjacent to an activating group) is 1. The number of pyridine rings is 2. The highest BCUT2D eigenvalue weighted by Crippen LogP contribution is 2.47. The van der Waals surface area contributed by atoms with Crippen molar-refractivity contribution in [2.75, 3.05) is 13.1 Å². The molecule has 10 heteroatoms. The van der Waals surface area contributed by atoms with Crippen LogP contribution >= 0.6 is 0 Å². The first-order valence-electron chi connectivity index (χ1n) is 13.0. The first-order valence-corrected chi connectivity index (χ1v) is 13.0. The van der Waals surface area contributed by atoms with Gasteiger partial charge in [-0.25, -0.2) is 14.2 Å². The molecule has 0 saturated carbocycles. The minimum absolute atomic E-state index is 0.0353. The van der Waals surface area contributed by atoms with Crippen molar-refractivity contribution in [2.24, 2.45) is 5.73 Å². The Kier molecular flexibility index (Phi) is 5.48. The molecule has 0 bridgehead atoms. The fraction of sp³-hybridized carbons (Fsp3) is 0.429. The van der Waals surface area contributed by atoms with Gasteiger partial charge in [-0.2, -0.15) is 0 Å². The predicted octanol–water partition coefficient (Wildman–Crippen LogP) is 2.32. The molecule has 3 aliphatic rings. The zero-order valence-electron chi connectivity index (χ0n) is 21.6. The lowest BCUT2D eigenvalue weighted by Crippen LogP contribution is -2.44. The molecule has 0 unspecified atom stereocenters. The maximum atomic E-state index is 15.0. The van der Waals surface area contributed by atoms with E-state index in [-0.39, 0.29) is 60.6 Å². The van der Waals surface area contributed by atoms with Crippen LogP contribution in [0.5, 0.6) is 0 Å². The van der Waals surface area contributed by atoms with E-state index in [9.17, 15) is 19.5 Å². The Hall–Kier alpha value is -3.63. The molecule has 2 aromatic heterocycles. The number of carbonyl (C=O) groups excluding carboxylic acids is 2. The summed E-state index contributed by atoms with van der Waals surface area (Å²) >= 11 is 0. The third-order valence-corrected chi connectivity index (χ3v) is 8.56. The highest BCUT2D eigenvalue weighted by atomic mass is 19.1. The Bertz CT molecular complexity index is 1630. The summed E-state index contributed by atoms with van der Waals surface area (Å²) in [5.74, 6) is -1.35. The van der Waals surface area contributed by atoms with Crippen LogP contribution in [-0.2, 0) is 39.5 Å². The Balaban J connectivity index is 1.68. The first kappa shape index (κ1) is 24.7. The van der Waals surface area contributed by atoms with Crippen LogP contribution in [0.15, 0.2) is 16.9 Å². The van der Waals surface area contributed by atoms with Gasteiger partial charge in [0.25, 0.3) is 5.56 Å². The molecule has 3 N–H and O–H groups in total. The number of fused-ring (bicyclic) bond motifs is 5. The van der Waals surface area contributed by atoms with Crippen molar-refractivity contribution in [1.29, 1.82) is 0 Å². The molecule has 2 aliphatic heterocycles. The van der Waals surface area contributed by atoms with Gasteiger partial charge in [0, 0.05) is 29.1 Å². The average Bonchev–Trinajstić information content (AvgIpc) is 3.29. The molecular formula is C28H29FN4O5. The third-order valence-electron chi connectivity index (χ3n) is 8.56. The topological polar surface area (TPSA) is 128 Å². The van der Waals surface area contributed by atoms with Gasteiger partial charge in [-0.15, -0.1) is 0 Å². The third kappa shape index (κ3) is 3.10. The van der Waals surface area contributed by atoms with Crippen LogP contribution in [-0.4, -0.2) is 44.5 Å². The summed E-state index contributed by atoms with van der Waals surface area (Å²) in [6, 6.07) is 2.73. The molecule has 2 atom stereocenters. The molecule has 0 saturated heterocycles. The molecule has 9 nitrogen and oxygen atoms in total. The van der Waals surface area contributed by atoms with Gasteiger partial charge in [0.1, 0.15) is 12.4 Å². The Morgan fingerprint density at radius 1 is 1.29 bits per heavy atom. The summed E-state index contributed by atoms with van der Waals surface area (Å²) in [4.78, 5) is 45.7. The largest absolute Gasteiger partial charge is 0.458 e. The quantitative estimate of drug-likeness (QED) is 0.395. The van der Waals surface area contributed by atoms with Gasteiger partial charge in [0.15, 0.2) is 5.60 Å². The number of ether oxygens (including phenoxy) is 1. The maximum Gasteiger partial charge on any atom is 0.343 e. The molecule has 0 spiro atoms. The number of aryl methyl sites for hydroxylation is 1. The number of amides is 1. The fourth-order valence-electron chi connectivity index (χ4n) is 6.53. The van der Waals surface area contributed by atoms with Crippen molar-refractivity contribution in [1.82, 2.24) is 14.5 Å². The number of carbonyl (C=O) groups is 2. The van der Waals surface area contributed by atoms with Crippen LogP contribution in [0.25, 0.3) is 22.3 Å². The SMILES string of the molecule is CCN(C(=O)CN)[C@H]1CCc2c(C)c(F)cc3nc4c(c1c23)Cn1c-4cc2c(c1=O)COC(=O)[C@]2(O)CC. The molecule has 198 valence electrons. The van der Waals surface area contributed by atoms with E-state index in [1.807, 2.05) is 6.92 Å². The number of aliphatic hydroxyl groups is 1. The normalized spacial score (nSPS) is 21.1. The number of hydrogen-bond acceptors (Lipinski definition) is 7. The lowest BCUT2D eigenvalue weighted by molar-refractivity contribution is -0.172. The fourth-order valence-corrected chi connectivity index (χ4v) is 6.53. The predicted molar refractivity (Wildman–Crippen MR) is 137 cm³/mol. The number of esters is 1. The Labute approximate surface area is 218 Å². The Morgan fingerprint density at radius 3 is 2.74 bits per heavy atom. The number of aromatic nitrogens is 2. The number of nitrogens with two attached hydrogens (primary N) is 1. The summed E-state index contributed by atoms with van der Waals surface area (Å²) in [6.07, 6.45) is 1.20. The van der Waals surface area contributed by atoms with Gasteiger partial charge in [0.2, 0.25) is 5.91 Å². The van der Waals surface area contributed by atoms with E-state index in [1.165, 1.54) is 6.07 Å². The molecule has 6 rings (SSSR count). The molecule has 38 heavy (non-hydrogen) atoms. The number of hydrogen-bond donors (Lipinski definition) is 2. The zero-order valence-corrected chi connectivity index (χ0v) is 21.6. The van der Waals surface area contributed by atoms with Crippen molar-refractivity contribution in [3.05, 3.63) is 61.7 Å². The van der Waals surface area contributed by atoms with Gasteiger partial charge in [-0.05, 0) is 55.9 Å². The monoisotopic (exact) mass is 520 g/mol. The highest BCUT2D eigenvalue weighted by Gasteiger charge is 2.46. The molecule has 1 amide bonds. The summed E-state index contributed by atoms with van der Waals surface area (Å²) in [5.41, 5.74) is 8.33. The van der Waals surface area contributed by atoms with Crippen LogP contribution in [0.4, 0.5) is 4.39 Å². The van der Waals surface area contributed by atoms with Crippen molar-refractivity contribution < 1.29 is 23.8 Å². The number of halogens is 1. The van der Waals surface area contributed by atoms with Crippen LogP contribution in [0.1, 0.15) is 66.1 Å². The molecular weight excluding hydrogens is 491 g/mol. The van der Waals surface area contributed by atoms with Crippen molar-refractivity contribution in [3.8, 4) is 11.4 Å².